The third-order valence-corrected chi connectivity index (χ3v) is 9.44. The number of aryl methyl sites for hydroxylation is 1. The minimum Gasteiger partial charge on any atom is -1.00 e. The van der Waals surface area contributed by atoms with E-state index < -0.39 is 0 Å². The number of halogens is 2. The fraction of sp³-hybridized carbons (Fsp3) is 0.333. The first-order chi connectivity index (χ1) is 22.4. The van der Waals surface area contributed by atoms with Crippen molar-refractivity contribution in [2.24, 2.45) is 0 Å². The second kappa shape index (κ2) is 18.3. The van der Waals surface area contributed by atoms with E-state index in [9.17, 15) is 0 Å². The van der Waals surface area contributed by atoms with Crippen molar-refractivity contribution in [3.8, 4) is 22.3 Å². The van der Waals surface area contributed by atoms with E-state index >= 15 is 0 Å². The van der Waals surface area contributed by atoms with Crippen LogP contribution in [0.25, 0.3) is 43.8 Å². The molecule has 49 heavy (non-hydrogen) atoms. The largest absolute Gasteiger partial charge is 1.00 e. The van der Waals surface area contributed by atoms with Gasteiger partial charge in [-0.25, -0.2) is 0 Å². The zero-order valence-corrected chi connectivity index (χ0v) is 35.6. The van der Waals surface area contributed by atoms with Crippen LogP contribution in [0.15, 0.2) is 109 Å². The zero-order chi connectivity index (χ0) is 33.7. The van der Waals surface area contributed by atoms with Crippen LogP contribution in [0, 0.1) is 6.92 Å². The Balaban J connectivity index is 0.000000235. The third kappa shape index (κ3) is 10.6. The number of hydrogen-bond acceptors (Lipinski definition) is 0. The van der Waals surface area contributed by atoms with Crippen molar-refractivity contribution in [3.05, 3.63) is 131 Å². The minimum absolute atomic E-state index is 0. The van der Waals surface area contributed by atoms with E-state index in [2.05, 4.69) is 164 Å². The van der Waals surface area contributed by atoms with Gasteiger partial charge in [0, 0.05) is 0 Å². The fourth-order valence-electron chi connectivity index (χ4n) is 6.84. The number of rotatable bonds is 4. The Morgan fingerprint density at radius 1 is 0.694 bits per heavy atom. The number of fused-ring (bicyclic) bond motifs is 2. The first kappa shape index (κ1) is 41.2. The van der Waals surface area contributed by atoms with Gasteiger partial charge in [0.15, 0.2) is 0 Å². The molecule has 1 fully saturated rings. The van der Waals surface area contributed by atoms with Gasteiger partial charge >= 0.3 is 41.9 Å². The van der Waals surface area contributed by atoms with Crippen LogP contribution >= 0.6 is 0 Å². The van der Waals surface area contributed by atoms with Crippen LogP contribution in [0.1, 0.15) is 94.4 Å². The predicted octanol–water partition coefficient (Wildman–Crippen LogP) is 7.63. The molecule has 6 aromatic carbocycles. The molecule has 0 radical (unpaired) electrons. The summed E-state index contributed by atoms with van der Waals surface area (Å²) in [6.07, 6.45) is 5.53. The summed E-state index contributed by atoms with van der Waals surface area (Å²) >= 11 is 1.74. The molecule has 0 unspecified atom stereocenters. The van der Waals surface area contributed by atoms with Crippen molar-refractivity contribution in [2.75, 3.05) is 0 Å². The van der Waals surface area contributed by atoms with Crippen LogP contribution < -0.4 is 24.8 Å². The van der Waals surface area contributed by atoms with Gasteiger partial charge in [-0.05, 0) is 52.3 Å². The molecule has 0 bridgehead atoms. The third-order valence-electron chi connectivity index (χ3n) is 9.44. The molecule has 0 spiro atoms. The summed E-state index contributed by atoms with van der Waals surface area (Å²) in [4.78, 5) is 0. The predicted molar refractivity (Wildman–Crippen MR) is 206 cm³/mol. The standard InChI is InChI=1S/C24H27.C19H19.C2H6Si.2ClH.Zr/c1-24(2,3)21-13-11-18(12-14-21)22-10-6-9-19-15-20(16-23(19)22)17-7-4-5-8-17;1-13(2)15-7-9-16(10-8-15)18-6-4-5-17-11-14(3)12-19(17)18;1-3-2;;;/h6,9-17H,4-5,7-8H2,1-3H3;4-13H,1-3H3;1-2H3;2*1H;/q2*-1;;;;+2/p-2. The molecule has 0 N–H and O–H groups in total. The molecular formula is C45H52Cl2SiZr-2. The summed E-state index contributed by atoms with van der Waals surface area (Å²) in [5.74, 6) is 1.37. The van der Waals surface area contributed by atoms with Gasteiger partial charge in [-0.3, -0.25) is 0 Å². The molecule has 0 nitrogen and oxygen atoms in total. The summed E-state index contributed by atoms with van der Waals surface area (Å²) in [7, 11) is 0. The molecule has 1 saturated carbocycles. The van der Waals surface area contributed by atoms with Gasteiger partial charge in [-0.1, -0.05) is 126 Å². The van der Waals surface area contributed by atoms with Crippen LogP contribution in [0.2, 0.25) is 13.1 Å². The average molecular weight is 783 g/mol. The maximum atomic E-state index is 2.46. The molecule has 6 aromatic rings. The summed E-state index contributed by atoms with van der Waals surface area (Å²) < 4.78 is 0. The Morgan fingerprint density at radius 2 is 1.16 bits per heavy atom. The van der Waals surface area contributed by atoms with E-state index in [0.717, 1.165) is 5.92 Å². The molecule has 0 atom stereocenters. The summed E-state index contributed by atoms with van der Waals surface area (Å²) in [5.41, 5.74) is 11.4. The molecule has 0 aliphatic heterocycles. The van der Waals surface area contributed by atoms with Crippen molar-refractivity contribution in [1.82, 2.24) is 0 Å². The Morgan fingerprint density at radius 3 is 1.65 bits per heavy atom. The monoisotopic (exact) mass is 780 g/mol. The smallest absolute Gasteiger partial charge is 0.0219 e. The van der Waals surface area contributed by atoms with Crippen LogP contribution in [0.4, 0.5) is 0 Å². The van der Waals surface area contributed by atoms with E-state index in [1.54, 1.807) is 28.9 Å². The van der Waals surface area contributed by atoms with Gasteiger partial charge in [0.25, 0.3) is 0 Å². The molecule has 0 amide bonds. The summed E-state index contributed by atoms with van der Waals surface area (Å²) in [5, 5.41) is 5.51. The Labute approximate surface area is 324 Å². The molecule has 0 saturated heterocycles. The van der Waals surface area contributed by atoms with Crippen LogP contribution in [-0.4, -0.2) is 5.43 Å². The first-order valence-electron chi connectivity index (χ1n) is 17.5. The van der Waals surface area contributed by atoms with E-state index in [1.165, 1.54) is 86.2 Å². The van der Waals surface area contributed by atoms with E-state index in [4.69, 9.17) is 0 Å². The van der Waals surface area contributed by atoms with Crippen LogP contribution in [0.5, 0.6) is 0 Å². The van der Waals surface area contributed by atoms with Crippen molar-refractivity contribution in [2.45, 2.75) is 97.6 Å². The molecule has 0 aromatic heterocycles. The maximum absolute atomic E-state index is 2.46. The van der Waals surface area contributed by atoms with Crippen molar-refractivity contribution < 1.29 is 48.1 Å². The second-order valence-electron chi connectivity index (χ2n) is 15.0. The maximum Gasteiger partial charge on any atom is -0.0219 e. The number of benzene rings is 4. The van der Waals surface area contributed by atoms with Gasteiger partial charge in [0.1, 0.15) is 0 Å². The van der Waals surface area contributed by atoms with E-state index in [0.29, 0.717) is 5.92 Å². The molecule has 0 heterocycles. The molecule has 256 valence electrons. The van der Waals surface area contributed by atoms with Crippen molar-refractivity contribution in [3.63, 3.8) is 0 Å². The van der Waals surface area contributed by atoms with Gasteiger partial charge in [0.05, 0.1) is 0 Å². The van der Waals surface area contributed by atoms with E-state index in [1.807, 2.05) is 0 Å². The molecule has 1 aliphatic carbocycles. The first-order valence-corrected chi connectivity index (χ1v) is 23.7. The molecule has 4 heteroatoms. The Bertz CT molecular complexity index is 1930. The molecule has 1 aliphatic rings. The fourth-order valence-corrected chi connectivity index (χ4v) is 6.84. The van der Waals surface area contributed by atoms with Gasteiger partial charge < -0.3 is 24.8 Å². The normalized spacial score (nSPS) is 12.9. The Hall–Kier alpha value is -2.22. The second-order valence-corrected chi connectivity index (χ2v) is 24.4. The molecule has 7 rings (SSSR count). The van der Waals surface area contributed by atoms with Gasteiger partial charge in [-0.15, -0.1) is 69.1 Å². The zero-order valence-electron chi connectivity index (χ0n) is 30.6. The SMILES string of the molecule is CC(C)(C)c1ccc(-c2cccc3[cH-]c(C4CCCC4)cc23)cc1.C[Si](C)=[Zr+2].Cc1cc2c(-c3ccc(C(C)C)cc3)cccc2[cH-]1.[Cl-].[Cl-]. The van der Waals surface area contributed by atoms with E-state index in [-0.39, 0.29) is 35.7 Å². The van der Waals surface area contributed by atoms with Crippen LogP contribution in [0.3, 0.4) is 0 Å². The Kier molecular flexibility index (Phi) is 15.4. The average Bonchev–Trinajstić information content (AvgIpc) is 3.80. The summed E-state index contributed by atoms with van der Waals surface area (Å²) in [6, 6.07) is 40.8. The number of hydrogen-bond donors (Lipinski definition) is 0. The minimum atomic E-state index is 0. The van der Waals surface area contributed by atoms with Crippen molar-refractivity contribution in [1.29, 1.82) is 0 Å². The van der Waals surface area contributed by atoms with Crippen LogP contribution in [-0.2, 0) is 28.8 Å². The molecular weight excluding hydrogens is 731 g/mol. The van der Waals surface area contributed by atoms with Crippen molar-refractivity contribution >= 4 is 27.0 Å². The summed E-state index contributed by atoms with van der Waals surface area (Å²) in [6.45, 7) is 18.1. The van der Waals surface area contributed by atoms with Gasteiger partial charge in [-0.2, -0.15) is 12.1 Å². The topological polar surface area (TPSA) is 0 Å². The quantitative estimate of drug-likeness (QED) is 0.128. The van der Waals surface area contributed by atoms with Gasteiger partial charge in [0.2, 0.25) is 0 Å².